The number of ether oxygens (including phenoxy) is 1. The van der Waals surface area contributed by atoms with Gasteiger partial charge >= 0.3 is 6.03 Å². The quantitative estimate of drug-likeness (QED) is 0.792. The fourth-order valence-electron chi connectivity index (χ4n) is 2.93. The van der Waals surface area contributed by atoms with Crippen molar-refractivity contribution < 1.29 is 22.3 Å². The van der Waals surface area contributed by atoms with E-state index >= 15 is 0 Å². The maximum Gasteiger partial charge on any atom is 0.323 e. The number of nitrogens with zero attached hydrogens (tertiary/aromatic N) is 2. The number of carbonyl (C=O) groups excluding carboxylic acids is 1. The van der Waals surface area contributed by atoms with Crippen LogP contribution < -0.4 is 15.4 Å². The van der Waals surface area contributed by atoms with Crippen molar-refractivity contribution in [2.75, 3.05) is 30.0 Å². The third kappa shape index (κ3) is 5.64. The largest absolute Gasteiger partial charge is 0.489 e. The number of carbonyl (C=O) groups is 1. The molecule has 1 aliphatic heterocycles. The van der Waals surface area contributed by atoms with Gasteiger partial charge in [0.2, 0.25) is 10.0 Å². The van der Waals surface area contributed by atoms with E-state index in [-0.39, 0.29) is 24.1 Å². The summed E-state index contributed by atoms with van der Waals surface area (Å²) in [7, 11) is -3.30. The SMILES string of the molecule is CS(=O)(=O)N1CCC[C@H](Oc2cc(F)cc(NC(=O)Nc3cccnc3)c2)C1. The molecule has 150 valence electrons. The van der Waals surface area contributed by atoms with Gasteiger partial charge in [0.05, 0.1) is 24.7 Å². The summed E-state index contributed by atoms with van der Waals surface area (Å²) >= 11 is 0. The second-order valence-corrected chi connectivity index (χ2v) is 8.48. The average Bonchev–Trinajstić information content (AvgIpc) is 2.61. The lowest BCUT2D eigenvalue weighted by molar-refractivity contribution is 0.130. The molecule has 1 saturated heterocycles. The molecule has 0 radical (unpaired) electrons. The van der Waals surface area contributed by atoms with Gasteiger partial charge in [-0.25, -0.2) is 17.6 Å². The summed E-state index contributed by atoms with van der Waals surface area (Å²) in [5.74, 6) is -0.359. The number of hydrogen-bond donors (Lipinski definition) is 2. The molecule has 1 aliphatic rings. The van der Waals surface area contributed by atoms with Crippen molar-refractivity contribution in [1.82, 2.24) is 9.29 Å². The highest BCUT2D eigenvalue weighted by molar-refractivity contribution is 7.88. The van der Waals surface area contributed by atoms with E-state index in [1.165, 1.54) is 28.7 Å². The smallest absolute Gasteiger partial charge is 0.323 e. The van der Waals surface area contributed by atoms with E-state index in [2.05, 4.69) is 15.6 Å². The third-order valence-electron chi connectivity index (χ3n) is 4.16. The second-order valence-electron chi connectivity index (χ2n) is 6.50. The molecule has 3 rings (SSSR count). The number of aromatic nitrogens is 1. The summed E-state index contributed by atoms with van der Waals surface area (Å²) < 4.78 is 44.5. The summed E-state index contributed by atoms with van der Waals surface area (Å²) in [5, 5.41) is 5.12. The summed E-state index contributed by atoms with van der Waals surface area (Å²) in [6.45, 7) is 0.656. The van der Waals surface area contributed by atoms with Crippen molar-refractivity contribution in [3.05, 3.63) is 48.5 Å². The number of benzene rings is 1. The van der Waals surface area contributed by atoms with Crippen LogP contribution in [0.3, 0.4) is 0 Å². The lowest BCUT2D eigenvalue weighted by atomic mass is 10.1. The maximum atomic E-state index is 14.0. The molecule has 0 bridgehead atoms. The highest BCUT2D eigenvalue weighted by Gasteiger charge is 2.27. The van der Waals surface area contributed by atoms with Crippen LogP contribution in [0.1, 0.15) is 12.8 Å². The second kappa shape index (κ2) is 8.53. The lowest BCUT2D eigenvalue weighted by Crippen LogP contribution is -2.43. The van der Waals surface area contributed by atoms with Gasteiger partial charge in [0.15, 0.2) is 0 Å². The molecular weight excluding hydrogens is 387 g/mol. The first-order valence-electron chi connectivity index (χ1n) is 8.70. The zero-order valence-corrected chi connectivity index (χ0v) is 16.1. The molecule has 0 aliphatic carbocycles. The Hall–Kier alpha value is -2.72. The van der Waals surface area contributed by atoms with Gasteiger partial charge in [-0.05, 0) is 31.0 Å². The molecule has 2 amide bonds. The zero-order valence-electron chi connectivity index (χ0n) is 15.3. The maximum absolute atomic E-state index is 14.0. The van der Waals surface area contributed by atoms with Crippen molar-refractivity contribution in [3.8, 4) is 5.75 Å². The summed E-state index contributed by atoms with van der Waals surface area (Å²) in [6, 6.07) is 6.65. The summed E-state index contributed by atoms with van der Waals surface area (Å²) in [5.41, 5.74) is 0.711. The van der Waals surface area contributed by atoms with E-state index in [4.69, 9.17) is 4.74 Å². The minimum Gasteiger partial charge on any atom is -0.489 e. The Morgan fingerprint density at radius 3 is 2.79 bits per heavy atom. The first-order valence-corrected chi connectivity index (χ1v) is 10.5. The molecule has 0 saturated carbocycles. The topological polar surface area (TPSA) is 101 Å². The van der Waals surface area contributed by atoms with Crippen LogP contribution >= 0.6 is 0 Å². The highest BCUT2D eigenvalue weighted by atomic mass is 32.2. The van der Waals surface area contributed by atoms with E-state index < -0.39 is 21.9 Å². The molecule has 2 N–H and O–H groups in total. The molecule has 28 heavy (non-hydrogen) atoms. The van der Waals surface area contributed by atoms with E-state index in [9.17, 15) is 17.6 Å². The number of nitrogens with one attached hydrogen (secondary N) is 2. The normalized spacial score (nSPS) is 17.7. The standard InChI is InChI=1S/C18H21FN4O4S/c1-28(25,26)23-7-3-5-16(12-23)27-17-9-13(19)8-15(10-17)22-18(24)21-14-4-2-6-20-11-14/h2,4,6,8-11,16H,3,5,7,12H2,1H3,(H2,21,22,24)/t16-/m0/s1. The van der Waals surface area contributed by atoms with Crippen LogP contribution in [0.15, 0.2) is 42.7 Å². The number of hydrogen-bond acceptors (Lipinski definition) is 5. The van der Waals surface area contributed by atoms with E-state index in [0.29, 0.717) is 25.1 Å². The van der Waals surface area contributed by atoms with Gasteiger partial charge in [-0.15, -0.1) is 0 Å². The number of sulfonamides is 1. The molecule has 2 heterocycles. The minimum absolute atomic E-state index is 0.208. The minimum atomic E-state index is -3.30. The zero-order chi connectivity index (χ0) is 20.1. The Kier molecular flexibility index (Phi) is 6.10. The van der Waals surface area contributed by atoms with E-state index in [1.54, 1.807) is 18.3 Å². The Bertz CT molecular complexity index is 940. The fourth-order valence-corrected chi connectivity index (χ4v) is 3.83. The lowest BCUT2D eigenvalue weighted by Gasteiger charge is -2.31. The Morgan fingerprint density at radius 1 is 1.29 bits per heavy atom. The van der Waals surface area contributed by atoms with Crippen molar-refractivity contribution in [2.45, 2.75) is 18.9 Å². The molecule has 1 aromatic carbocycles. The summed E-state index contributed by atoms with van der Waals surface area (Å²) in [6.07, 6.45) is 5.15. The van der Waals surface area contributed by atoms with Crippen LogP contribution in [0.25, 0.3) is 0 Å². The van der Waals surface area contributed by atoms with Gasteiger partial charge in [0.1, 0.15) is 17.7 Å². The van der Waals surface area contributed by atoms with Gasteiger partial charge < -0.3 is 15.4 Å². The molecule has 1 fully saturated rings. The number of amides is 2. The number of rotatable bonds is 5. The monoisotopic (exact) mass is 408 g/mol. The Labute approximate surface area is 162 Å². The van der Waals surface area contributed by atoms with Crippen LogP contribution in [0, 0.1) is 5.82 Å². The Balaban J connectivity index is 1.65. The first-order chi connectivity index (χ1) is 13.3. The number of urea groups is 1. The fraction of sp³-hybridized carbons (Fsp3) is 0.333. The summed E-state index contributed by atoms with van der Waals surface area (Å²) in [4.78, 5) is 16.0. The van der Waals surface area contributed by atoms with Gasteiger partial charge in [-0.2, -0.15) is 4.31 Å². The number of pyridine rings is 1. The molecule has 1 atom stereocenters. The predicted molar refractivity (Wildman–Crippen MR) is 103 cm³/mol. The van der Waals surface area contributed by atoms with Gasteiger partial charge in [0.25, 0.3) is 0 Å². The molecular formula is C18H21FN4O4S. The highest BCUT2D eigenvalue weighted by Crippen LogP contribution is 2.24. The van der Waals surface area contributed by atoms with E-state index in [0.717, 1.165) is 6.26 Å². The molecule has 2 aromatic rings. The molecule has 0 spiro atoms. The van der Waals surface area contributed by atoms with Gasteiger partial charge in [0, 0.05) is 30.6 Å². The van der Waals surface area contributed by atoms with Crippen LogP contribution in [-0.4, -0.2) is 49.2 Å². The van der Waals surface area contributed by atoms with Crippen molar-refractivity contribution in [2.24, 2.45) is 0 Å². The Morgan fingerprint density at radius 2 is 2.07 bits per heavy atom. The van der Waals surface area contributed by atoms with Gasteiger partial charge in [-0.1, -0.05) is 0 Å². The first kappa shape index (κ1) is 20.0. The van der Waals surface area contributed by atoms with Crippen LogP contribution in [0.2, 0.25) is 0 Å². The molecule has 8 nitrogen and oxygen atoms in total. The van der Waals surface area contributed by atoms with Crippen molar-refractivity contribution in [3.63, 3.8) is 0 Å². The number of halogens is 1. The molecule has 10 heteroatoms. The van der Waals surface area contributed by atoms with Crippen LogP contribution in [0.4, 0.5) is 20.6 Å². The van der Waals surface area contributed by atoms with Crippen LogP contribution in [-0.2, 0) is 10.0 Å². The molecule has 0 unspecified atom stereocenters. The third-order valence-corrected chi connectivity index (χ3v) is 5.43. The number of piperidine rings is 1. The van der Waals surface area contributed by atoms with Crippen molar-refractivity contribution in [1.29, 1.82) is 0 Å². The van der Waals surface area contributed by atoms with Crippen LogP contribution in [0.5, 0.6) is 5.75 Å². The van der Waals surface area contributed by atoms with E-state index in [1.807, 2.05) is 0 Å². The predicted octanol–water partition coefficient (Wildman–Crippen LogP) is 2.67. The average molecular weight is 408 g/mol. The molecule has 1 aromatic heterocycles. The van der Waals surface area contributed by atoms with Gasteiger partial charge in [-0.3, -0.25) is 4.98 Å². The van der Waals surface area contributed by atoms with Crippen molar-refractivity contribution >= 4 is 27.4 Å². The number of anilines is 2.